The molecule has 0 N–H and O–H groups in total. The molecule has 2 heterocycles. The fourth-order valence-corrected chi connectivity index (χ4v) is 2.90. The first-order valence-electron chi connectivity index (χ1n) is 7.52. The Morgan fingerprint density at radius 1 is 1.21 bits per heavy atom. The van der Waals surface area contributed by atoms with Crippen molar-refractivity contribution in [3.05, 3.63) is 64.1 Å². The van der Waals surface area contributed by atoms with Gasteiger partial charge in [0.05, 0.1) is 6.67 Å². The molecule has 0 aliphatic rings. The number of pyridine rings is 1. The summed E-state index contributed by atoms with van der Waals surface area (Å²) in [6.45, 7) is 1.30. The Labute approximate surface area is 151 Å². The average molecular weight is 360 g/mol. The summed E-state index contributed by atoms with van der Waals surface area (Å²) in [5, 5.41) is 5.41. The van der Waals surface area contributed by atoms with Crippen molar-refractivity contribution in [1.82, 2.24) is 24.2 Å². The van der Waals surface area contributed by atoms with E-state index in [1.54, 1.807) is 12.4 Å². The Morgan fingerprint density at radius 3 is 2.71 bits per heavy atom. The van der Waals surface area contributed by atoms with Gasteiger partial charge in [-0.3, -0.25) is 9.88 Å². The molecule has 1 aromatic carbocycles. The third-order valence-corrected chi connectivity index (χ3v) is 4.59. The standard InChI is InChI=1S/C17H18ClN5S/c1-21(11-14-6-3-4-8-15(14)18)12-23-17(24)22(2)16(20-23)13-7-5-9-19-10-13/h3-10H,11-12H2,1-2H3. The first-order chi connectivity index (χ1) is 11.6. The maximum Gasteiger partial charge on any atom is 0.199 e. The number of hydrogen-bond acceptors (Lipinski definition) is 4. The van der Waals surface area contributed by atoms with Gasteiger partial charge in [0.25, 0.3) is 0 Å². The van der Waals surface area contributed by atoms with E-state index in [9.17, 15) is 0 Å². The molecule has 0 aliphatic heterocycles. The van der Waals surface area contributed by atoms with Gasteiger partial charge >= 0.3 is 0 Å². The minimum absolute atomic E-state index is 0.582. The minimum atomic E-state index is 0.582. The molecule has 0 unspecified atom stereocenters. The van der Waals surface area contributed by atoms with Gasteiger partial charge in [-0.05, 0) is 43.0 Å². The lowest BCUT2D eigenvalue weighted by atomic mass is 10.2. The van der Waals surface area contributed by atoms with E-state index in [-0.39, 0.29) is 0 Å². The van der Waals surface area contributed by atoms with Gasteiger partial charge in [0, 0.05) is 36.6 Å². The number of hydrogen-bond donors (Lipinski definition) is 0. The summed E-state index contributed by atoms with van der Waals surface area (Å²) in [5.74, 6) is 0.805. The summed E-state index contributed by atoms with van der Waals surface area (Å²) >= 11 is 11.7. The summed E-state index contributed by atoms with van der Waals surface area (Å²) in [6, 6.07) is 11.7. The normalized spacial score (nSPS) is 11.2. The van der Waals surface area contributed by atoms with Crippen LogP contribution in [0.2, 0.25) is 5.02 Å². The van der Waals surface area contributed by atoms with E-state index < -0.39 is 0 Å². The highest BCUT2D eigenvalue weighted by atomic mass is 35.5. The minimum Gasteiger partial charge on any atom is -0.303 e. The van der Waals surface area contributed by atoms with Crippen LogP contribution in [0.3, 0.4) is 0 Å². The van der Waals surface area contributed by atoms with Crippen LogP contribution < -0.4 is 0 Å². The molecule has 3 aromatic rings. The molecule has 0 saturated carbocycles. The van der Waals surface area contributed by atoms with E-state index in [1.807, 2.05) is 59.7 Å². The maximum atomic E-state index is 6.23. The number of halogens is 1. The van der Waals surface area contributed by atoms with Gasteiger partial charge < -0.3 is 4.57 Å². The van der Waals surface area contributed by atoms with E-state index >= 15 is 0 Å². The van der Waals surface area contributed by atoms with Crippen molar-refractivity contribution in [3.63, 3.8) is 0 Å². The predicted octanol–water partition coefficient (Wildman–Crippen LogP) is 3.76. The monoisotopic (exact) mass is 359 g/mol. The predicted molar refractivity (Wildman–Crippen MR) is 98.2 cm³/mol. The van der Waals surface area contributed by atoms with E-state index in [0.29, 0.717) is 11.4 Å². The first-order valence-corrected chi connectivity index (χ1v) is 8.31. The number of rotatable bonds is 5. The fourth-order valence-electron chi connectivity index (χ4n) is 2.52. The average Bonchev–Trinajstić information content (AvgIpc) is 2.86. The molecule has 0 amide bonds. The topological polar surface area (TPSA) is 38.9 Å². The highest BCUT2D eigenvalue weighted by Crippen LogP contribution is 2.18. The summed E-state index contributed by atoms with van der Waals surface area (Å²) in [6.07, 6.45) is 3.53. The van der Waals surface area contributed by atoms with Gasteiger partial charge in [0.15, 0.2) is 10.6 Å². The van der Waals surface area contributed by atoms with Crippen molar-refractivity contribution in [1.29, 1.82) is 0 Å². The van der Waals surface area contributed by atoms with Crippen LogP contribution in [0, 0.1) is 4.77 Å². The Morgan fingerprint density at radius 2 is 2.00 bits per heavy atom. The largest absolute Gasteiger partial charge is 0.303 e. The Kier molecular flexibility index (Phi) is 5.08. The summed E-state index contributed by atoms with van der Waals surface area (Å²) in [4.78, 5) is 6.27. The molecule has 0 radical (unpaired) electrons. The molecule has 0 spiro atoms. The molecule has 0 saturated heterocycles. The van der Waals surface area contributed by atoms with Gasteiger partial charge in [-0.25, -0.2) is 4.68 Å². The van der Waals surface area contributed by atoms with Crippen LogP contribution in [0.1, 0.15) is 5.56 Å². The molecule has 124 valence electrons. The van der Waals surface area contributed by atoms with E-state index in [0.717, 1.165) is 28.5 Å². The summed E-state index contributed by atoms with van der Waals surface area (Å²) < 4.78 is 4.38. The van der Waals surface area contributed by atoms with Crippen LogP contribution in [0.25, 0.3) is 11.4 Å². The van der Waals surface area contributed by atoms with Crippen LogP contribution in [-0.4, -0.2) is 31.3 Å². The third kappa shape index (κ3) is 3.56. The number of nitrogens with zero attached hydrogens (tertiary/aromatic N) is 5. The molecule has 24 heavy (non-hydrogen) atoms. The molecular weight excluding hydrogens is 342 g/mol. The second-order valence-corrected chi connectivity index (χ2v) is 6.43. The molecule has 3 rings (SSSR count). The van der Waals surface area contributed by atoms with E-state index in [4.69, 9.17) is 23.8 Å². The molecule has 0 atom stereocenters. The smallest absolute Gasteiger partial charge is 0.199 e. The molecule has 2 aromatic heterocycles. The third-order valence-electron chi connectivity index (χ3n) is 3.73. The Hall–Kier alpha value is -2.02. The number of benzene rings is 1. The van der Waals surface area contributed by atoms with Gasteiger partial charge in [-0.1, -0.05) is 29.8 Å². The highest BCUT2D eigenvalue weighted by Gasteiger charge is 2.12. The Balaban J connectivity index is 1.81. The first kappa shape index (κ1) is 16.8. The summed E-state index contributed by atoms with van der Waals surface area (Å²) in [5.41, 5.74) is 2.02. The van der Waals surface area contributed by atoms with Crippen molar-refractivity contribution in [2.24, 2.45) is 7.05 Å². The molecule has 0 fully saturated rings. The SMILES string of the molecule is CN(Cc1ccccc1Cl)Cn1nc(-c2cccnc2)n(C)c1=S. The lowest BCUT2D eigenvalue weighted by molar-refractivity contribution is 0.244. The number of aromatic nitrogens is 4. The lowest BCUT2D eigenvalue weighted by Gasteiger charge is -2.17. The van der Waals surface area contributed by atoms with Crippen LogP contribution in [-0.2, 0) is 20.3 Å². The second kappa shape index (κ2) is 7.25. The zero-order chi connectivity index (χ0) is 17.1. The van der Waals surface area contributed by atoms with Crippen molar-refractivity contribution in [2.75, 3.05) is 7.05 Å². The maximum absolute atomic E-state index is 6.23. The van der Waals surface area contributed by atoms with Gasteiger partial charge in [-0.2, -0.15) is 5.10 Å². The molecular formula is C17H18ClN5S. The van der Waals surface area contributed by atoms with Crippen LogP contribution in [0.5, 0.6) is 0 Å². The van der Waals surface area contributed by atoms with Crippen molar-refractivity contribution >= 4 is 23.8 Å². The summed E-state index contributed by atoms with van der Waals surface area (Å²) in [7, 11) is 3.94. The van der Waals surface area contributed by atoms with Crippen molar-refractivity contribution < 1.29 is 0 Å². The van der Waals surface area contributed by atoms with Crippen molar-refractivity contribution in [2.45, 2.75) is 13.2 Å². The van der Waals surface area contributed by atoms with Gasteiger partial charge in [-0.15, -0.1) is 0 Å². The second-order valence-electron chi connectivity index (χ2n) is 5.65. The fraction of sp³-hybridized carbons (Fsp3) is 0.235. The molecule has 5 nitrogen and oxygen atoms in total. The molecule has 7 heteroatoms. The highest BCUT2D eigenvalue weighted by molar-refractivity contribution is 7.71. The van der Waals surface area contributed by atoms with Crippen LogP contribution in [0.15, 0.2) is 48.8 Å². The Bertz CT molecular complexity index is 887. The molecule has 0 bridgehead atoms. The lowest BCUT2D eigenvalue weighted by Crippen LogP contribution is -2.22. The zero-order valence-corrected chi connectivity index (χ0v) is 15.1. The van der Waals surface area contributed by atoms with E-state index in [2.05, 4.69) is 15.0 Å². The van der Waals surface area contributed by atoms with Crippen LogP contribution >= 0.6 is 23.8 Å². The van der Waals surface area contributed by atoms with Gasteiger partial charge in [0.1, 0.15) is 0 Å². The van der Waals surface area contributed by atoms with Crippen molar-refractivity contribution in [3.8, 4) is 11.4 Å². The van der Waals surface area contributed by atoms with E-state index in [1.165, 1.54) is 0 Å². The zero-order valence-electron chi connectivity index (χ0n) is 13.6. The van der Waals surface area contributed by atoms with Gasteiger partial charge in [0.2, 0.25) is 0 Å². The quantitative estimate of drug-likeness (QED) is 0.650. The molecule has 0 aliphatic carbocycles. The van der Waals surface area contributed by atoms with Crippen LogP contribution in [0.4, 0.5) is 0 Å².